The van der Waals surface area contributed by atoms with Gasteiger partial charge in [-0.15, -0.1) is 0 Å². The van der Waals surface area contributed by atoms with Gasteiger partial charge in [-0.25, -0.2) is 0 Å². The lowest BCUT2D eigenvalue weighted by molar-refractivity contribution is 0.361. The van der Waals surface area contributed by atoms with Crippen LogP contribution in [0.15, 0.2) is 29.3 Å². The topological polar surface area (TPSA) is 72.3 Å². The van der Waals surface area contributed by atoms with Crippen LogP contribution in [0.25, 0.3) is 0 Å². The van der Waals surface area contributed by atoms with Gasteiger partial charge in [0.15, 0.2) is 6.40 Å². The molecule has 0 amide bonds. The summed E-state index contributed by atoms with van der Waals surface area (Å²) in [5.41, 5.74) is 0.669. The molecule has 2 aromatic rings. The first kappa shape index (κ1) is 15.8. The Morgan fingerprint density at radius 2 is 1.71 bits per heavy atom. The molecule has 6 nitrogen and oxygen atoms in total. The highest BCUT2D eigenvalue weighted by Gasteiger charge is 2.05. The third kappa shape index (κ3) is 5.34. The van der Waals surface area contributed by atoms with Crippen molar-refractivity contribution in [3.05, 3.63) is 39.9 Å². The summed E-state index contributed by atoms with van der Waals surface area (Å²) in [7, 11) is 0. The van der Waals surface area contributed by atoms with Crippen molar-refractivity contribution in [3.63, 3.8) is 0 Å². The molecule has 1 aromatic heterocycles. The van der Waals surface area contributed by atoms with Crippen molar-refractivity contribution >= 4 is 52.8 Å². The van der Waals surface area contributed by atoms with E-state index < -0.39 is 0 Å². The highest BCUT2D eigenvalue weighted by atomic mass is 35.5. The number of aliphatic imine (C=N–C) groups is 1. The van der Waals surface area contributed by atoms with E-state index in [1.165, 1.54) is 6.40 Å². The number of hydrogen-bond donors (Lipinski definition) is 1. The smallest absolute Gasteiger partial charge is 0.232 e. The van der Waals surface area contributed by atoms with Gasteiger partial charge in [0.2, 0.25) is 16.5 Å². The quantitative estimate of drug-likeness (QED) is 0.899. The van der Waals surface area contributed by atoms with E-state index in [0.29, 0.717) is 10.7 Å². The maximum absolute atomic E-state index is 5.95. The van der Waals surface area contributed by atoms with E-state index in [-0.39, 0.29) is 16.5 Å². The van der Waals surface area contributed by atoms with Gasteiger partial charge in [-0.05, 0) is 35.3 Å². The van der Waals surface area contributed by atoms with Gasteiger partial charge in [-0.3, -0.25) is 4.99 Å². The molecule has 0 fully saturated rings. The molecule has 1 aromatic carbocycles. The molecule has 110 valence electrons. The van der Waals surface area contributed by atoms with Crippen LogP contribution < -0.4 is 5.32 Å². The Morgan fingerprint density at radius 1 is 1.00 bits per heavy atom. The van der Waals surface area contributed by atoms with Gasteiger partial charge in [-0.1, -0.05) is 23.7 Å². The van der Waals surface area contributed by atoms with Crippen molar-refractivity contribution in [1.82, 2.24) is 15.0 Å². The first-order chi connectivity index (χ1) is 10.1. The maximum Gasteiger partial charge on any atom is 0.232 e. The number of nitrogens with zero attached hydrogens (tertiary/aromatic N) is 4. The van der Waals surface area contributed by atoms with Crippen molar-refractivity contribution < 1.29 is 4.74 Å². The summed E-state index contributed by atoms with van der Waals surface area (Å²) >= 11 is 17.2. The molecule has 2 heterocycles. The average Bonchev–Trinajstić information content (AvgIpc) is 2.99. The second-order valence-corrected chi connectivity index (χ2v) is 4.77. The zero-order valence-corrected chi connectivity index (χ0v) is 12.9. The number of para-hydroxylation sites is 1. The fraction of sp³-hybridized carbons (Fsp3) is 0.167. The van der Waals surface area contributed by atoms with Gasteiger partial charge in [-0.2, -0.15) is 15.0 Å². The molecule has 0 radical (unpaired) electrons. The summed E-state index contributed by atoms with van der Waals surface area (Å²) in [6.07, 6.45) is 1.49. The van der Waals surface area contributed by atoms with Crippen LogP contribution in [-0.2, 0) is 4.74 Å². The van der Waals surface area contributed by atoms with Crippen molar-refractivity contribution in [2.75, 3.05) is 18.5 Å². The zero-order valence-electron chi connectivity index (χ0n) is 10.6. The lowest BCUT2D eigenvalue weighted by Crippen LogP contribution is -1.99. The molecule has 0 saturated heterocycles. The Morgan fingerprint density at radius 3 is 2.24 bits per heavy atom. The Hall–Kier alpha value is -1.63. The molecule has 0 spiro atoms. The molecule has 0 unspecified atom stereocenters. The first-order valence-corrected chi connectivity index (χ1v) is 6.97. The number of anilines is 2. The summed E-state index contributed by atoms with van der Waals surface area (Å²) < 4.78 is 4.65. The molecule has 1 aliphatic rings. The molecular weight excluding hydrogens is 337 g/mol. The van der Waals surface area contributed by atoms with Crippen LogP contribution in [0.2, 0.25) is 15.6 Å². The molecule has 1 aliphatic heterocycles. The molecule has 21 heavy (non-hydrogen) atoms. The lowest BCUT2D eigenvalue weighted by atomic mass is 10.3. The van der Waals surface area contributed by atoms with Crippen LogP contribution in [0.1, 0.15) is 0 Å². The van der Waals surface area contributed by atoms with Crippen molar-refractivity contribution in [1.29, 1.82) is 0 Å². The van der Waals surface area contributed by atoms with Gasteiger partial charge in [0.1, 0.15) is 6.61 Å². The second kappa shape index (κ2) is 7.97. The van der Waals surface area contributed by atoms with Gasteiger partial charge in [0.05, 0.1) is 17.3 Å². The number of aromatic nitrogens is 3. The van der Waals surface area contributed by atoms with Gasteiger partial charge < -0.3 is 10.1 Å². The third-order valence-corrected chi connectivity index (χ3v) is 2.86. The van der Waals surface area contributed by atoms with E-state index in [2.05, 4.69) is 30.0 Å². The molecule has 3 rings (SSSR count). The normalized spacial score (nSPS) is 12.3. The summed E-state index contributed by atoms with van der Waals surface area (Å²) in [6, 6.07) is 7.18. The second-order valence-electron chi connectivity index (χ2n) is 3.68. The fourth-order valence-corrected chi connectivity index (χ4v) is 1.87. The summed E-state index contributed by atoms with van der Waals surface area (Å²) in [5, 5.41) is 3.49. The maximum atomic E-state index is 5.95. The molecule has 9 heteroatoms. The Bertz CT molecular complexity index is 612. The SMILES string of the molecule is C1=NCCO1.Clc1nc(Cl)nc(Nc2ccccc2Cl)n1. The number of nitrogens with one attached hydrogen (secondary N) is 1. The fourth-order valence-electron chi connectivity index (χ4n) is 1.33. The highest BCUT2D eigenvalue weighted by Crippen LogP contribution is 2.23. The monoisotopic (exact) mass is 345 g/mol. The Balaban J connectivity index is 0.000000272. The van der Waals surface area contributed by atoms with Crippen molar-refractivity contribution in [2.45, 2.75) is 0 Å². The number of halogens is 3. The third-order valence-electron chi connectivity index (χ3n) is 2.19. The molecule has 0 atom stereocenters. The number of hydrogen-bond acceptors (Lipinski definition) is 6. The van der Waals surface area contributed by atoms with Gasteiger partial charge >= 0.3 is 0 Å². The van der Waals surface area contributed by atoms with E-state index >= 15 is 0 Å². The number of rotatable bonds is 2. The van der Waals surface area contributed by atoms with Gasteiger partial charge in [0.25, 0.3) is 0 Å². The lowest BCUT2D eigenvalue weighted by Gasteiger charge is -2.06. The van der Waals surface area contributed by atoms with Crippen LogP contribution in [-0.4, -0.2) is 34.5 Å². The van der Waals surface area contributed by atoms with E-state index in [1.54, 1.807) is 12.1 Å². The molecule has 0 saturated carbocycles. The number of ether oxygens (including phenoxy) is 1. The van der Waals surface area contributed by atoms with E-state index in [0.717, 1.165) is 13.2 Å². The van der Waals surface area contributed by atoms with Crippen molar-refractivity contribution in [3.8, 4) is 0 Å². The van der Waals surface area contributed by atoms with Crippen LogP contribution in [0, 0.1) is 0 Å². The first-order valence-electron chi connectivity index (χ1n) is 5.83. The average molecular weight is 347 g/mol. The molecule has 0 aliphatic carbocycles. The van der Waals surface area contributed by atoms with Crippen LogP contribution >= 0.6 is 34.8 Å². The molecular formula is C12H10Cl3N5O. The highest BCUT2D eigenvalue weighted by molar-refractivity contribution is 6.33. The summed E-state index contributed by atoms with van der Waals surface area (Å²) in [6.45, 7) is 1.62. The Kier molecular flexibility index (Phi) is 5.98. The zero-order chi connectivity index (χ0) is 15.1. The minimum Gasteiger partial charge on any atom is -0.482 e. The summed E-state index contributed by atoms with van der Waals surface area (Å²) in [5.74, 6) is 0.248. The van der Waals surface area contributed by atoms with Crippen LogP contribution in [0.5, 0.6) is 0 Å². The van der Waals surface area contributed by atoms with E-state index in [1.807, 2.05) is 12.1 Å². The van der Waals surface area contributed by atoms with E-state index in [4.69, 9.17) is 34.8 Å². The van der Waals surface area contributed by atoms with Gasteiger partial charge in [0, 0.05) is 0 Å². The largest absolute Gasteiger partial charge is 0.482 e. The predicted molar refractivity (Wildman–Crippen MR) is 83.9 cm³/mol. The van der Waals surface area contributed by atoms with E-state index in [9.17, 15) is 0 Å². The molecule has 1 N–H and O–H groups in total. The van der Waals surface area contributed by atoms with Crippen molar-refractivity contribution in [2.24, 2.45) is 4.99 Å². The molecule has 0 bridgehead atoms. The Labute approximate surface area is 136 Å². The van der Waals surface area contributed by atoms with Crippen LogP contribution in [0.3, 0.4) is 0 Å². The minimum atomic E-state index is 0.0227. The minimum absolute atomic E-state index is 0.0227. The summed E-state index contributed by atoms with van der Waals surface area (Å²) in [4.78, 5) is 15.1. The number of benzene rings is 1. The standard InChI is InChI=1S/C9H5Cl3N4.C3H5NO/c10-5-3-1-2-4-6(5)13-9-15-7(11)14-8(12)16-9;1-2-5-3-4-1/h1-4H,(H,13,14,15,16);3H,1-2H2. The predicted octanol–water partition coefficient (Wildman–Crippen LogP) is 3.62. The van der Waals surface area contributed by atoms with Crippen LogP contribution in [0.4, 0.5) is 11.6 Å².